The fraction of sp³-hybridized carbons (Fsp3) is 0.333. The van der Waals surface area contributed by atoms with Crippen LogP contribution in [0, 0.1) is 6.92 Å². The standard InChI is InChI=1S/C24H25N3O3S/c1-14-8-10-15(11-9-14)18-17-19(25(4)23(29)26(5)22(17)28)20-21(16-7-6-12-31-16)30-13-24(2,3)27(18)20/h6-12,21H,13H2,1-5H3/t21-/m0/s1. The van der Waals surface area contributed by atoms with E-state index in [4.69, 9.17) is 4.74 Å². The quantitative estimate of drug-likeness (QED) is 0.479. The third kappa shape index (κ3) is 2.80. The first-order valence-corrected chi connectivity index (χ1v) is 11.2. The van der Waals surface area contributed by atoms with Crippen molar-refractivity contribution in [3.05, 3.63) is 78.8 Å². The van der Waals surface area contributed by atoms with Crippen LogP contribution in [0.4, 0.5) is 0 Å². The topological polar surface area (TPSA) is 58.2 Å². The van der Waals surface area contributed by atoms with Gasteiger partial charge in [-0.05, 0) is 37.8 Å². The second kappa shape index (κ2) is 6.80. The minimum Gasteiger partial charge on any atom is -0.364 e. The number of hydrogen-bond donors (Lipinski definition) is 0. The minimum absolute atomic E-state index is 0.281. The lowest BCUT2D eigenvalue weighted by Crippen LogP contribution is -2.40. The molecular weight excluding hydrogens is 410 g/mol. The van der Waals surface area contributed by atoms with Crippen LogP contribution in [0.2, 0.25) is 0 Å². The van der Waals surface area contributed by atoms with Crippen LogP contribution in [0.25, 0.3) is 22.2 Å². The van der Waals surface area contributed by atoms with Crippen LogP contribution >= 0.6 is 11.3 Å². The van der Waals surface area contributed by atoms with E-state index in [0.717, 1.165) is 27.4 Å². The first kappa shape index (κ1) is 20.0. The molecule has 5 rings (SSSR count). The molecule has 0 amide bonds. The van der Waals surface area contributed by atoms with Gasteiger partial charge in [-0.25, -0.2) is 4.79 Å². The molecular formula is C24H25N3O3S. The molecule has 0 aliphatic carbocycles. The summed E-state index contributed by atoms with van der Waals surface area (Å²) in [7, 11) is 3.27. The molecule has 3 aromatic heterocycles. The molecule has 1 aromatic carbocycles. The Morgan fingerprint density at radius 3 is 2.42 bits per heavy atom. The Morgan fingerprint density at radius 2 is 1.77 bits per heavy atom. The van der Waals surface area contributed by atoms with E-state index in [1.54, 1.807) is 23.0 Å². The summed E-state index contributed by atoms with van der Waals surface area (Å²) < 4.78 is 11.4. The predicted molar refractivity (Wildman–Crippen MR) is 124 cm³/mol. The van der Waals surface area contributed by atoms with Crippen molar-refractivity contribution in [1.29, 1.82) is 0 Å². The van der Waals surface area contributed by atoms with Crippen LogP contribution in [0.3, 0.4) is 0 Å². The van der Waals surface area contributed by atoms with Gasteiger partial charge in [0.05, 0.1) is 34.4 Å². The van der Waals surface area contributed by atoms with Gasteiger partial charge in [0.15, 0.2) is 0 Å². The third-order valence-electron chi connectivity index (χ3n) is 6.19. The number of aromatic nitrogens is 3. The molecule has 0 unspecified atom stereocenters. The fourth-order valence-corrected chi connectivity index (χ4v) is 5.41. The van der Waals surface area contributed by atoms with Crippen molar-refractivity contribution in [2.45, 2.75) is 32.4 Å². The highest BCUT2D eigenvalue weighted by Gasteiger charge is 2.40. The maximum Gasteiger partial charge on any atom is 0.331 e. The van der Waals surface area contributed by atoms with Crippen LogP contribution < -0.4 is 11.2 Å². The highest BCUT2D eigenvalue weighted by atomic mass is 32.1. The van der Waals surface area contributed by atoms with Crippen LogP contribution in [0.15, 0.2) is 51.4 Å². The first-order chi connectivity index (χ1) is 14.7. The molecule has 160 valence electrons. The van der Waals surface area contributed by atoms with Gasteiger partial charge >= 0.3 is 5.69 Å². The van der Waals surface area contributed by atoms with E-state index in [1.807, 2.05) is 36.6 Å². The summed E-state index contributed by atoms with van der Waals surface area (Å²) in [5, 5.41) is 2.58. The second-order valence-electron chi connectivity index (χ2n) is 8.88. The summed E-state index contributed by atoms with van der Waals surface area (Å²) in [6, 6.07) is 12.2. The van der Waals surface area contributed by atoms with E-state index in [9.17, 15) is 9.59 Å². The lowest BCUT2D eigenvalue weighted by atomic mass is 10.0. The van der Waals surface area contributed by atoms with E-state index in [0.29, 0.717) is 17.5 Å². The summed E-state index contributed by atoms with van der Waals surface area (Å²) in [4.78, 5) is 27.5. The van der Waals surface area contributed by atoms with Crippen LogP contribution in [-0.2, 0) is 24.4 Å². The fourth-order valence-electron chi connectivity index (χ4n) is 4.64. The van der Waals surface area contributed by atoms with E-state index in [-0.39, 0.29) is 17.4 Å². The molecule has 1 aliphatic rings. The molecule has 0 saturated carbocycles. The summed E-state index contributed by atoms with van der Waals surface area (Å²) in [5.74, 6) is 0. The molecule has 7 heteroatoms. The maximum absolute atomic E-state index is 13.5. The van der Waals surface area contributed by atoms with Gasteiger partial charge in [0, 0.05) is 19.0 Å². The highest BCUT2D eigenvalue weighted by Crippen LogP contribution is 2.46. The average Bonchev–Trinajstić information content (AvgIpc) is 3.39. The number of benzene rings is 1. The van der Waals surface area contributed by atoms with Gasteiger partial charge in [0.2, 0.25) is 0 Å². The molecule has 6 nitrogen and oxygen atoms in total. The Kier molecular flexibility index (Phi) is 4.39. The summed E-state index contributed by atoms with van der Waals surface area (Å²) >= 11 is 1.62. The Hall–Kier alpha value is -2.90. The smallest absolute Gasteiger partial charge is 0.331 e. The Labute approximate surface area is 183 Å². The van der Waals surface area contributed by atoms with Gasteiger partial charge in [-0.2, -0.15) is 0 Å². The monoisotopic (exact) mass is 435 g/mol. The second-order valence-corrected chi connectivity index (χ2v) is 9.86. The molecule has 0 radical (unpaired) electrons. The maximum atomic E-state index is 13.5. The first-order valence-electron chi connectivity index (χ1n) is 10.3. The van der Waals surface area contributed by atoms with Crippen molar-refractivity contribution >= 4 is 22.2 Å². The average molecular weight is 436 g/mol. The van der Waals surface area contributed by atoms with Gasteiger partial charge in [0.1, 0.15) is 6.10 Å². The Bertz CT molecular complexity index is 1420. The van der Waals surface area contributed by atoms with Gasteiger partial charge < -0.3 is 9.30 Å². The van der Waals surface area contributed by atoms with Crippen molar-refractivity contribution in [3.63, 3.8) is 0 Å². The Balaban J connectivity index is 2.03. The number of ether oxygens (including phenoxy) is 1. The van der Waals surface area contributed by atoms with Gasteiger partial charge in [-0.1, -0.05) is 35.9 Å². The lowest BCUT2D eigenvalue weighted by Gasteiger charge is -2.39. The molecule has 0 fully saturated rings. The summed E-state index contributed by atoms with van der Waals surface area (Å²) in [6.45, 7) is 6.76. The SMILES string of the molecule is Cc1ccc(-c2c3c(=O)n(C)c(=O)n(C)c3c3n2C(C)(C)CO[C@H]3c2cccs2)cc1. The van der Waals surface area contributed by atoms with E-state index >= 15 is 0 Å². The van der Waals surface area contributed by atoms with Crippen molar-refractivity contribution in [2.75, 3.05) is 6.61 Å². The Morgan fingerprint density at radius 1 is 1.06 bits per heavy atom. The zero-order chi connectivity index (χ0) is 22.1. The van der Waals surface area contributed by atoms with E-state index in [2.05, 4.69) is 30.5 Å². The van der Waals surface area contributed by atoms with Gasteiger partial charge in [-0.3, -0.25) is 13.9 Å². The number of fused-ring (bicyclic) bond motifs is 3. The molecule has 0 N–H and O–H groups in total. The van der Waals surface area contributed by atoms with Crippen LogP contribution in [0.1, 0.15) is 36.1 Å². The number of aryl methyl sites for hydroxylation is 2. The number of rotatable bonds is 2. The highest BCUT2D eigenvalue weighted by molar-refractivity contribution is 7.10. The van der Waals surface area contributed by atoms with Gasteiger partial charge in [-0.15, -0.1) is 11.3 Å². The van der Waals surface area contributed by atoms with E-state index < -0.39 is 5.54 Å². The van der Waals surface area contributed by atoms with Crippen LogP contribution in [0.5, 0.6) is 0 Å². The van der Waals surface area contributed by atoms with Crippen LogP contribution in [-0.4, -0.2) is 20.3 Å². The molecule has 31 heavy (non-hydrogen) atoms. The number of thiophene rings is 1. The summed E-state index contributed by atoms with van der Waals surface area (Å²) in [6.07, 6.45) is -0.340. The van der Waals surface area contributed by atoms with Crippen molar-refractivity contribution in [2.24, 2.45) is 14.1 Å². The zero-order valence-electron chi connectivity index (χ0n) is 18.3. The lowest BCUT2D eigenvalue weighted by molar-refractivity contribution is -0.00545. The predicted octanol–water partition coefficient (Wildman–Crippen LogP) is 3.93. The molecule has 0 spiro atoms. The molecule has 1 aliphatic heterocycles. The molecule has 1 atom stereocenters. The van der Waals surface area contributed by atoms with Gasteiger partial charge in [0.25, 0.3) is 5.56 Å². The van der Waals surface area contributed by atoms with Crippen molar-refractivity contribution < 1.29 is 4.74 Å². The third-order valence-corrected chi connectivity index (χ3v) is 7.11. The largest absolute Gasteiger partial charge is 0.364 e. The molecule has 0 bridgehead atoms. The molecule has 4 aromatic rings. The number of hydrogen-bond acceptors (Lipinski definition) is 4. The zero-order valence-corrected chi connectivity index (χ0v) is 19.1. The molecule has 0 saturated heterocycles. The normalized spacial score (nSPS) is 17.8. The van der Waals surface area contributed by atoms with Crippen molar-refractivity contribution in [1.82, 2.24) is 13.7 Å². The molecule has 4 heterocycles. The van der Waals surface area contributed by atoms with Crippen molar-refractivity contribution in [3.8, 4) is 11.3 Å². The summed E-state index contributed by atoms with van der Waals surface area (Å²) in [5.41, 5.74) is 3.44. The van der Waals surface area contributed by atoms with E-state index in [1.165, 1.54) is 11.6 Å². The number of nitrogens with zero attached hydrogens (tertiary/aromatic N) is 3. The minimum atomic E-state index is -0.399.